The minimum Gasteiger partial charge on any atom is -0.357 e. The molecule has 8 heteroatoms. The predicted octanol–water partition coefficient (Wildman–Crippen LogP) is 1.29. The average Bonchev–Trinajstić information content (AvgIpc) is 3.33. The van der Waals surface area contributed by atoms with E-state index >= 15 is 0 Å². The number of carbonyl (C=O) groups is 4. The van der Waals surface area contributed by atoms with Crippen LogP contribution >= 0.6 is 0 Å². The van der Waals surface area contributed by atoms with Crippen LogP contribution < -0.4 is 10.6 Å². The van der Waals surface area contributed by atoms with Crippen molar-refractivity contribution in [3.8, 4) is 0 Å². The first kappa shape index (κ1) is 24.2. The van der Waals surface area contributed by atoms with E-state index in [-0.39, 0.29) is 29.5 Å². The van der Waals surface area contributed by atoms with Crippen LogP contribution in [0.2, 0.25) is 0 Å². The van der Waals surface area contributed by atoms with Crippen molar-refractivity contribution in [2.75, 3.05) is 20.1 Å². The zero-order valence-corrected chi connectivity index (χ0v) is 19.3. The quantitative estimate of drug-likeness (QED) is 0.674. The Kier molecular flexibility index (Phi) is 7.88. The number of likely N-dealkylation sites (N-methyl/N-ethyl adjacent to an activating group) is 1. The molecule has 2 rings (SSSR count). The fourth-order valence-corrected chi connectivity index (χ4v) is 4.34. The molecule has 0 aromatic heterocycles. The summed E-state index contributed by atoms with van der Waals surface area (Å²) in [5, 5.41) is 5.45. The molecule has 2 N–H and O–H groups in total. The maximum absolute atomic E-state index is 13.3. The fraction of sp³-hybridized carbons (Fsp3) is 0.818. The second-order valence-electron chi connectivity index (χ2n) is 9.90. The normalized spacial score (nSPS) is 22.9. The van der Waals surface area contributed by atoms with Gasteiger partial charge < -0.3 is 20.4 Å². The first-order valence-electron chi connectivity index (χ1n) is 11.1. The Morgan fingerprint density at radius 1 is 0.967 bits per heavy atom. The molecule has 0 aromatic carbocycles. The molecule has 0 aliphatic carbocycles. The zero-order valence-electron chi connectivity index (χ0n) is 19.3. The lowest BCUT2D eigenvalue weighted by molar-refractivity contribution is -0.150. The van der Waals surface area contributed by atoms with Gasteiger partial charge in [0, 0.05) is 25.6 Å². The summed E-state index contributed by atoms with van der Waals surface area (Å²) in [6, 6.07) is -1.72. The van der Waals surface area contributed by atoms with Crippen LogP contribution in [-0.4, -0.2) is 71.7 Å². The van der Waals surface area contributed by atoms with Crippen molar-refractivity contribution in [3.63, 3.8) is 0 Å². The van der Waals surface area contributed by atoms with Crippen LogP contribution in [0.25, 0.3) is 0 Å². The zero-order chi connectivity index (χ0) is 22.6. The van der Waals surface area contributed by atoms with E-state index in [0.717, 1.165) is 12.8 Å². The van der Waals surface area contributed by atoms with Crippen molar-refractivity contribution in [1.29, 1.82) is 0 Å². The molecule has 0 bridgehead atoms. The van der Waals surface area contributed by atoms with Crippen molar-refractivity contribution in [2.24, 2.45) is 11.3 Å². The van der Waals surface area contributed by atoms with Gasteiger partial charge in [0.05, 0.1) is 0 Å². The number of rotatable bonds is 6. The number of hydrogen-bond donors (Lipinski definition) is 2. The molecule has 0 aromatic rings. The highest BCUT2D eigenvalue weighted by molar-refractivity contribution is 5.95. The van der Waals surface area contributed by atoms with E-state index in [1.165, 1.54) is 0 Å². The topological polar surface area (TPSA) is 98.8 Å². The van der Waals surface area contributed by atoms with Crippen LogP contribution in [0, 0.1) is 11.3 Å². The maximum atomic E-state index is 13.3. The predicted molar refractivity (Wildman–Crippen MR) is 114 cm³/mol. The van der Waals surface area contributed by atoms with Crippen LogP contribution in [0.1, 0.15) is 66.7 Å². The Bertz CT molecular complexity index is 671. The van der Waals surface area contributed by atoms with Crippen LogP contribution in [-0.2, 0) is 19.2 Å². The molecule has 2 saturated heterocycles. The van der Waals surface area contributed by atoms with E-state index in [2.05, 4.69) is 10.6 Å². The SMILES string of the molecule is CNC(=O)[C@H](CC(C)C)NC(=O)[C@@H]1CCCN1C(=O)[C@@H]1CCCN1C(=O)C(C)(C)C. The van der Waals surface area contributed by atoms with Gasteiger partial charge in [-0.1, -0.05) is 34.6 Å². The second kappa shape index (κ2) is 9.79. The Balaban J connectivity index is 2.12. The third-order valence-corrected chi connectivity index (χ3v) is 5.87. The summed E-state index contributed by atoms with van der Waals surface area (Å²) in [6.07, 6.45) is 3.25. The van der Waals surface area contributed by atoms with Gasteiger partial charge >= 0.3 is 0 Å². The van der Waals surface area contributed by atoms with Crippen LogP contribution in [0.4, 0.5) is 0 Å². The lowest BCUT2D eigenvalue weighted by Crippen LogP contribution is -2.56. The van der Waals surface area contributed by atoms with Crippen molar-refractivity contribution in [1.82, 2.24) is 20.4 Å². The maximum Gasteiger partial charge on any atom is 0.246 e. The summed E-state index contributed by atoms with van der Waals surface area (Å²) in [6.45, 7) is 10.6. The minimum absolute atomic E-state index is 0.0323. The van der Waals surface area contributed by atoms with Crippen molar-refractivity contribution in [2.45, 2.75) is 84.8 Å². The molecule has 30 heavy (non-hydrogen) atoms. The number of nitrogens with one attached hydrogen (secondary N) is 2. The molecule has 0 saturated carbocycles. The van der Waals surface area contributed by atoms with Crippen LogP contribution in [0.15, 0.2) is 0 Å². The third kappa shape index (κ3) is 5.52. The summed E-state index contributed by atoms with van der Waals surface area (Å²) in [4.78, 5) is 54.6. The van der Waals surface area contributed by atoms with Crippen LogP contribution in [0.3, 0.4) is 0 Å². The molecule has 2 aliphatic rings. The van der Waals surface area contributed by atoms with Gasteiger partial charge in [-0.05, 0) is 38.0 Å². The van der Waals surface area contributed by atoms with E-state index in [9.17, 15) is 19.2 Å². The van der Waals surface area contributed by atoms with Crippen LogP contribution in [0.5, 0.6) is 0 Å². The fourth-order valence-electron chi connectivity index (χ4n) is 4.34. The number of carbonyl (C=O) groups excluding carboxylic acids is 4. The molecule has 2 aliphatic heterocycles. The Hall–Kier alpha value is -2.12. The lowest BCUT2D eigenvalue weighted by Gasteiger charge is -2.34. The van der Waals surface area contributed by atoms with Gasteiger partial charge in [-0.25, -0.2) is 0 Å². The van der Waals surface area contributed by atoms with E-state index in [4.69, 9.17) is 0 Å². The highest BCUT2D eigenvalue weighted by Crippen LogP contribution is 2.29. The molecule has 2 heterocycles. The number of amides is 4. The van der Waals surface area contributed by atoms with Gasteiger partial charge in [0.25, 0.3) is 0 Å². The molecular formula is C22H38N4O4. The number of likely N-dealkylation sites (tertiary alicyclic amines) is 2. The molecule has 8 nitrogen and oxygen atoms in total. The first-order valence-corrected chi connectivity index (χ1v) is 11.1. The van der Waals surface area contributed by atoms with Gasteiger partial charge in [-0.2, -0.15) is 0 Å². The molecule has 3 atom stereocenters. The molecule has 170 valence electrons. The van der Waals surface area contributed by atoms with E-state index < -0.39 is 23.5 Å². The smallest absolute Gasteiger partial charge is 0.246 e. The monoisotopic (exact) mass is 422 g/mol. The summed E-state index contributed by atoms with van der Waals surface area (Å²) in [5.74, 6) is -0.463. The van der Waals surface area contributed by atoms with E-state index in [1.54, 1.807) is 16.8 Å². The minimum atomic E-state index is -0.620. The van der Waals surface area contributed by atoms with E-state index in [0.29, 0.717) is 32.4 Å². The third-order valence-electron chi connectivity index (χ3n) is 5.87. The van der Waals surface area contributed by atoms with Gasteiger partial charge in [0.2, 0.25) is 23.6 Å². The van der Waals surface area contributed by atoms with Gasteiger partial charge in [-0.15, -0.1) is 0 Å². The Morgan fingerprint density at radius 2 is 1.53 bits per heavy atom. The summed E-state index contributed by atoms with van der Waals surface area (Å²) in [5.41, 5.74) is -0.553. The van der Waals surface area contributed by atoms with Gasteiger partial charge in [0.1, 0.15) is 18.1 Å². The van der Waals surface area contributed by atoms with Crippen molar-refractivity contribution < 1.29 is 19.2 Å². The van der Waals surface area contributed by atoms with E-state index in [1.807, 2.05) is 34.6 Å². The summed E-state index contributed by atoms with van der Waals surface area (Å²) >= 11 is 0. The highest BCUT2D eigenvalue weighted by Gasteiger charge is 2.44. The highest BCUT2D eigenvalue weighted by atomic mass is 16.2. The lowest BCUT2D eigenvalue weighted by atomic mass is 9.94. The Labute approximate surface area is 180 Å². The second-order valence-corrected chi connectivity index (χ2v) is 9.90. The van der Waals surface area contributed by atoms with Crippen molar-refractivity contribution >= 4 is 23.6 Å². The number of nitrogens with zero attached hydrogens (tertiary/aromatic N) is 2. The van der Waals surface area contributed by atoms with Crippen molar-refractivity contribution in [3.05, 3.63) is 0 Å². The molecule has 0 spiro atoms. The standard InChI is InChI=1S/C22H38N4O4/c1-14(2)13-15(18(27)23-6)24-19(28)16-9-7-11-25(16)20(29)17-10-8-12-26(17)21(30)22(3,4)5/h14-17H,7-13H2,1-6H3,(H,23,27)(H,24,28)/t15-,16-,17-/m0/s1. The average molecular weight is 423 g/mol. The molecule has 0 unspecified atom stereocenters. The van der Waals surface area contributed by atoms with Gasteiger partial charge in [-0.3, -0.25) is 19.2 Å². The number of hydrogen-bond acceptors (Lipinski definition) is 4. The first-order chi connectivity index (χ1) is 14.0. The Morgan fingerprint density at radius 3 is 2.07 bits per heavy atom. The molecular weight excluding hydrogens is 384 g/mol. The molecule has 2 fully saturated rings. The van der Waals surface area contributed by atoms with Gasteiger partial charge in [0.15, 0.2) is 0 Å². The summed E-state index contributed by atoms with van der Waals surface area (Å²) < 4.78 is 0. The summed E-state index contributed by atoms with van der Waals surface area (Å²) in [7, 11) is 1.55. The molecule has 4 amide bonds. The largest absolute Gasteiger partial charge is 0.357 e. The molecule has 0 radical (unpaired) electrons.